The third kappa shape index (κ3) is 5.37. The van der Waals surface area contributed by atoms with Crippen molar-refractivity contribution in [1.82, 2.24) is 10.6 Å². The van der Waals surface area contributed by atoms with E-state index in [4.69, 9.17) is 5.11 Å². The minimum atomic E-state index is -0.545. The molecule has 0 saturated heterocycles. The highest BCUT2D eigenvalue weighted by Crippen LogP contribution is 2.02. The van der Waals surface area contributed by atoms with Gasteiger partial charge in [-0.05, 0) is 12.8 Å². The van der Waals surface area contributed by atoms with Gasteiger partial charge in [-0.3, -0.25) is 9.59 Å². The molecule has 0 aliphatic rings. The second kappa shape index (κ2) is 6.40. The number of hydrogen-bond acceptors (Lipinski definition) is 3. The Morgan fingerprint density at radius 3 is 2.07 bits per heavy atom. The maximum Gasteiger partial charge on any atom is 0.243 e. The van der Waals surface area contributed by atoms with E-state index >= 15 is 0 Å². The summed E-state index contributed by atoms with van der Waals surface area (Å²) in [7, 11) is 0. The van der Waals surface area contributed by atoms with Crippen LogP contribution in [-0.4, -0.2) is 35.6 Å². The van der Waals surface area contributed by atoms with Gasteiger partial charge in [0.05, 0.1) is 6.61 Å². The summed E-state index contributed by atoms with van der Waals surface area (Å²) in [5.41, 5.74) is 0. The fraction of sp³-hybridized carbons (Fsp3) is 0.800. The zero-order valence-electron chi connectivity index (χ0n) is 9.70. The van der Waals surface area contributed by atoms with E-state index in [-0.39, 0.29) is 30.4 Å². The van der Waals surface area contributed by atoms with Crippen LogP contribution in [0, 0.1) is 5.92 Å². The van der Waals surface area contributed by atoms with E-state index in [0.717, 1.165) is 0 Å². The van der Waals surface area contributed by atoms with Gasteiger partial charge in [0.15, 0.2) is 0 Å². The Balaban J connectivity index is 4.35. The van der Waals surface area contributed by atoms with Crippen molar-refractivity contribution in [2.24, 2.45) is 5.92 Å². The first kappa shape index (κ1) is 13.9. The molecule has 0 aromatic carbocycles. The lowest BCUT2D eigenvalue weighted by Crippen LogP contribution is -2.51. The molecule has 0 spiro atoms. The Morgan fingerprint density at radius 1 is 1.20 bits per heavy atom. The van der Waals surface area contributed by atoms with Gasteiger partial charge >= 0.3 is 0 Å². The fourth-order valence-corrected chi connectivity index (χ4v) is 1.13. The predicted octanol–water partition coefficient (Wildman–Crippen LogP) is -0.356. The van der Waals surface area contributed by atoms with E-state index in [1.165, 1.54) is 6.92 Å². The number of hydrogen-bond donors (Lipinski definition) is 3. The van der Waals surface area contributed by atoms with Gasteiger partial charge in [0.1, 0.15) is 6.04 Å². The summed E-state index contributed by atoms with van der Waals surface area (Å²) >= 11 is 0. The van der Waals surface area contributed by atoms with E-state index in [9.17, 15) is 9.59 Å². The van der Waals surface area contributed by atoms with Crippen molar-refractivity contribution in [2.75, 3.05) is 6.61 Å². The smallest absolute Gasteiger partial charge is 0.243 e. The molecule has 0 fully saturated rings. The maximum absolute atomic E-state index is 11.7. The summed E-state index contributed by atoms with van der Waals surface area (Å²) in [6.45, 7) is 6.66. The van der Waals surface area contributed by atoms with E-state index in [1.807, 2.05) is 13.8 Å². The molecule has 3 N–H and O–H groups in total. The first-order chi connectivity index (χ1) is 6.88. The average Bonchev–Trinajstić information content (AvgIpc) is 2.12. The number of carbonyl (C=O) groups excluding carboxylic acids is 2. The lowest BCUT2D eigenvalue weighted by atomic mass is 10.0. The van der Waals surface area contributed by atoms with Crippen molar-refractivity contribution < 1.29 is 14.7 Å². The third-order valence-electron chi connectivity index (χ3n) is 1.97. The molecule has 0 saturated carbocycles. The predicted molar refractivity (Wildman–Crippen MR) is 57.1 cm³/mol. The summed E-state index contributed by atoms with van der Waals surface area (Å²) in [6.07, 6.45) is 0. The molecule has 0 rings (SSSR count). The number of aliphatic hydroxyl groups excluding tert-OH is 1. The van der Waals surface area contributed by atoms with Crippen molar-refractivity contribution in [3.8, 4) is 0 Å². The van der Waals surface area contributed by atoms with E-state index < -0.39 is 6.04 Å². The van der Waals surface area contributed by atoms with Crippen LogP contribution in [0.15, 0.2) is 0 Å². The zero-order chi connectivity index (χ0) is 12.0. The van der Waals surface area contributed by atoms with Crippen LogP contribution in [-0.2, 0) is 9.59 Å². The van der Waals surface area contributed by atoms with Crippen LogP contribution in [0.5, 0.6) is 0 Å². The fourth-order valence-electron chi connectivity index (χ4n) is 1.13. The Morgan fingerprint density at radius 2 is 1.73 bits per heavy atom. The molecule has 2 amide bonds. The van der Waals surface area contributed by atoms with Crippen molar-refractivity contribution in [3.05, 3.63) is 0 Å². The van der Waals surface area contributed by atoms with Crippen LogP contribution in [0.4, 0.5) is 0 Å². The number of nitrogens with one attached hydrogen (secondary N) is 2. The van der Waals surface area contributed by atoms with Gasteiger partial charge in [-0.1, -0.05) is 13.8 Å². The molecule has 0 aliphatic heterocycles. The number of rotatable bonds is 5. The van der Waals surface area contributed by atoms with Crippen LogP contribution in [0.25, 0.3) is 0 Å². The summed E-state index contributed by atoms with van der Waals surface area (Å²) in [4.78, 5) is 22.5. The van der Waals surface area contributed by atoms with Crippen molar-refractivity contribution in [1.29, 1.82) is 0 Å². The first-order valence-corrected chi connectivity index (χ1v) is 5.06. The molecule has 88 valence electrons. The van der Waals surface area contributed by atoms with Gasteiger partial charge in [-0.15, -0.1) is 0 Å². The Hall–Kier alpha value is -1.10. The van der Waals surface area contributed by atoms with Crippen molar-refractivity contribution in [3.63, 3.8) is 0 Å². The SMILES string of the molecule is CC(=O)NC(C(=O)N[C@@H](C)CO)C(C)C. The van der Waals surface area contributed by atoms with Gasteiger partial charge in [0.25, 0.3) is 0 Å². The molecular weight excluding hydrogens is 196 g/mol. The normalized spacial score (nSPS) is 14.5. The highest BCUT2D eigenvalue weighted by Gasteiger charge is 2.23. The average molecular weight is 216 g/mol. The molecule has 1 unspecified atom stereocenters. The molecule has 0 radical (unpaired) electrons. The largest absolute Gasteiger partial charge is 0.394 e. The maximum atomic E-state index is 11.7. The summed E-state index contributed by atoms with van der Waals surface area (Å²) in [6, 6.07) is -0.844. The Bertz CT molecular complexity index is 229. The molecule has 15 heavy (non-hydrogen) atoms. The minimum absolute atomic E-state index is 0.0137. The van der Waals surface area contributed by atoms with Crippen LogP contribution in [0.2, 0.25) is 0 Å². The number of amides is 2. The molecular formula is C10H20N2O3. The van der Waals surface area contributed by atoms with Gasteiger partial charge in [0.2, 0.25) is 11.8 Å². The lowest BCUT2D eigenvalue weighted by Gasteiger charge is -2.22. The highest BCUT2D eigenvalue weighted by molar-refractivity contribution is 5.87. The quantitative estimate of drug-likeness (QED) is 0.587. The lowest BCUT2D eigenvalue weighted by molar-refractivity contribution is -0.129. The van der Waals surface area contributed by atoms with Gasteiger partial charge in [-0.25, -0.2) is 0 Å². The Kier molecular flexibility index (Phi) is 5.93. The number of carbonyl (C=O) groups is 2. The summed E-state index contributed by atoms with van der Waals surface area (Å²) in [5, 5.41) is 14.0. The molecule has 2 atom stereocenters. The second-order valence-electron chi connectivity index (χ2n) is 4.01. The second-order valence-corrected chi connectivity index (χ2v) is 4.01. The highest BCUT2D eigenvalue weighted by atomic mass is 16.3. The Labute approximate surface area is 90.2 Å². The standard InChI is InChI=1S/C10H20N2O3/c1-6(2)9(12-8(4)14)10(15)11-7(3)5-13/h6-7,9,13H,5H2,1-4H3,(H,11,15)(H,12,14)/t7-,9?/m0/s1. The first-order valence-electron chi connectivity index (χ1n) is 5.06. The minimum Gasteiger partial charge on any atom is -0.394 e. The van der Waals surface area contributed by atoms with Gasteiger partial charge in [0, 0.05) is 13.0 Å². The third-order valence-corrected chi connectivity index (χ3v) is 1.97. The summed E-state index contributed by atoms with van der Waals surface area (Å²) in [5.74, 6) is -0.484. The van der Waals surface area contributed by atoms with Crippen LogP contribution in [0.3, 0.4) is 0 Å². The summed E-state index contributed by atoms with van der Waals surface area (Å²) < 4.78 is 0. The van der Waals surface area contributed by atoms with Crippen LogP contribution < -0.4 is 10.6 Å². The molecule has 5 nitrogen and oxygen atoms in total. The van der Waals surface area contributed by atoms with Gasteiger partial charge < -0.3 is 15.7 Å². The molecule has 0 aromatic heterocycles. The van der Waals surface area contributed by atoms with E-state index in [1.54, 1.807) is 6.92 Å². The molecule has 0 aromatic rings. The topological polar surface area (TPSA) is 78.4 Å². The number of aliphatic hydroxyl groups is 1. The zero-order valence-corrected chi connectivity index (χ0v) is 9.70. The molecule has 0 aliphatic carbocycles. The molecule has 5 heteroatoms. The molecule has 0 bridgehead atoms. The molecule has 0 heterocycles. The van der Waals surface area contributed by atoms with Crippen molar-refractivity contribution in [2.45, 2.75) is 39.8 Å². The van der Waals surface area contributed by atoms with Crippen molar-refractivity contribution >= 4 is 11.8 Å². The van der Waals surface area contributed by atoms with E-state index in [0.29, 0.717) is 0 Å². The monoisotopic (exact) mass is 216 g/mol. The van der Waals surface area contributed by atoms with Crippen LogP contribution >= 0.6 is 0 Å². The van der Waals surface area contributed by atoms with Crippen LogP contribution in [0.1, 0.15) is 27.7 Å². The van der Waals surface area contributed by atoms with Gasteiger partial charge in [-0.2, -0.15) is 0 Å². The van der Waals surface area contributed by atoms with E-state index in [2.05, 4.69) is 10.6 Å².